The first-order valence-corrected chi connectivity index (χ1v) is 8.51. The molecule has 1 heterocycles. The lowest BCUT2D eigenvalue weighted by molar-refractivity contribution is -0.121. The van der Waals surface area contributed by atoms with E-state index in [1.165, 1.54) is 0 Å². The Morgan fingerprint density at radius 2 is 1.92 bits per heavy atom. The Balaban J connectivity index is 2.22. The Kier molecular flexibility index (Phi) is 5.54. The van der Waals surface area contributed by atoms with E-state index in [0.717, 1.165) is 22.6 Å². The van der Waals surface area contributed by atoms with Gasteiger partial charge in [0.05, 0.1) is 23.9 Å². The summed E-state index contributed by atoms with van der Waals surface area (Å²) in [5.41, 5.74) is 3.15. The van der Waals surface area contributed by atoms with Gasteiger partial charge in [-0.05, 0) is 43.5 Å². The number of carbonyl (C=O) groups excluding carboxylic acids is 1. The van der Waals surface area contributed by atoms with Crippen molar-refractivity contribution in [2.45, 2.75) is 47.1 Å². The average Bonchev–Trinajstić information content (AvgIpc) is 2.80. The lowest BCUT2D eigenvalue weighted by atomic mass is 9.87. The van der Waals surface area contributed by atoms with Crippen LogP contribution in [0, 0.1) is 30.6 Å². The standard InChI is InChI=1S/C19H23ClN4O/c1-12-16(10-18(25)22-17(11-21)19(3,4)5)13(2)24(23-12)15-8-6-14(20)7-9-15/h6-9,17H,10H2,1-5H3,(H,22,25). The highest BCUT2D eigenvalue weighted by molar-refractivity contribution is 6.30. The molecule has 0 bridgehead atoms. The molecular formula is C19H23ClN4O. The van der Waals surface area contributed by atoms with Crippen LogP contribution in [0.2, 0.25) is 5.02 Å². The summed E-state index contributed by atoms with van der Waals surface area (Å²) in [6, 6.07) is 9.01. The van der Waals surface area contributed by atoms with Crippen LogP contribution in [0.25, 0.3) is 5.69 Å². The van der Waals surface area contributed by atoms with E-state index < -0.39 is 6.04 Å². The second-order valence-electron chi connectivity index (χ2n) is 7.21. The Bertz CT molecular complexity index is 810. The molecule has 25 heavy (non-hydrogen) atoms. The molecule has 1 N–H and O–H groups in total. The van der Waals surface area contributed by atoms with Crippen LogP contribution in [-0.4, -0.2) is 21.7 Å². The van der Waals surface area contributed by atoms with Gasteiger partial charge in [-0.1, -0.05) is 32.4 Å². The summed E-state index contributed by atoms with van der Waals surface area (Å²) < 4.78 is 1.81. The number of nitrogens with one attached hydrogen (secondary N) is 1. The first-order valence-electron chi connectivity index (χ1n) is 8.13. The van der Waals surface area contributed by atoms with E-state index in [0.29, 0.717) is 5.02 Å². The van der Waals surface area contributed by atoms with Crippen molar-refractivity contribution < 1.29 is 4.79 Å². The molecule has 1 atom stereocenters. The fraction of sp³-hybridized carbons (Fsp3) is 0.421. The number of aromatic nitrogens is 2. The number of nitrogens with zero attached hydrogens (tertiary/aromatic N) is 3. The molecule has 6 heteroatoms. The Labute approximate surface area is 153 Å². The highest BCUT2D eigenvalue weighted by atomic mass is 35.5. The van der Waals surface area contributed by atoms with Gasteiger partial charge in [0, 0.05) is 16.3 Å². The van der Waals surface area contributed by atoms with Crippen molar-refractivity contribution in [3.8, 4) is 11.8 Å². The number of amides is 1. The molecule has 1 amide bonds. The maximum absolute atomic E-state index is 12.4. The van der Waals surface area contributed by atoms with Gasteiger partial charge >= 0.3 is 0 Å². The van der Waals surface area contributed by atoms with Crippen molar-refractivity contribution in [1.29, 1.82) is 5.26 Å². The maximum Gasteiger partial charge on any atom is 0.225 e. The van der Waals surface area contributed by atoms with E-state index in [2.05, 4.69) is 16.5 Å². The van der Waals surface area contributed by atoms with Crippen molar-refractivity contribution in [2.75, 3.05) is 0 Å². The fourth-order valence-electron chi connectivity index (χ4n) is 2.58. The zero-order valence-electron chi connectivity index (χ0n) is 15.2. The molecular weight excluding hydrogens is 336 g/mol. The minimum atomic E-state index is -0.535. The molecule has 0 fully saturated rings. The lowest BCUT2D eigenvalue weighted by Gasteiger charge is -2.25. The smallest absolute Gasteiger partial charge is 0.225 e. The summed E-state index contributed by atoms with van der Waals surface area (Å²) >= 11 is 5.93. The minimum Gasteiger partial charge on any atom is -0.340 e. The van der Waals surface area contributed by atoms with Gasteiger partial charge in [-0.3, -0.25) is 4.79 Å². The van der Waals surface area contributed by atoms with Crippen LogP contribution in [0.15, 0.2) is 24.3 Å². The molecule has 0 spiro atoms. The predicted molar refractivity (Wildman–Crippen MR) is 98.8 cm³/mol. The molecule has 0 aliphatic carbocycles. The Morgan fingerprint density at radius 3 is 2.44 bits per heavy atom. The number of aryl methyl sites for hydroxylation is 1. The highest BCUT2D eigenvalue weighted by Gasteiger charge is 2.26. The summed E-state index contributed by atoms with van der Waals surface area (Å²) in [6.07, 6.45) is 0.194. The third kappa shape index (κ3) is 4.40. The number of hydrogen-bond donors (Lipinski definition) is 1. The molecule has 0 aliphatic rings. The summed E-state index contributed by atoms with van der Waals surface area (Å²) in [6.45, 7) is 9.60. The van der Waals surface area contributed by atoms with Gasteiger partial charge < -0.3 is 5.32 Å². The van der Waals surface area contributed by atoms with Gasteiger partial charge in [0.2, 0.25) is 5.91 Å². The molecule has 1 unspecified atom stereocenters. The average molecular weight is 359 g/mol. The lowest BCUT2D eigenvalue weighted by Crippen LogP contribution is -2.43. The number of benzene rings is 1. The monoisotopic (exact) mass is 358 g/mol. The van der Waals surface area contributed by atoms with Crippen molar-refractivity contribution in [2.24, 2.45) is 5.41 Å². The number of rotatable bonds is 4. The van der Waals surface area contributed by atoms with E-state index in [-0.39, 0.29) is 17.7 Å². The largest absolute Gasteiger partial charge is 0.340 e. The number of halogens is 1. The zero-order chi connectivity index (χ0) is 18.8. The van der Waals surface area contributed by atoms with Gasteiger partial charge in [0.15, 0.2) is 0 Å². The van der Waals surface area contributed by atoms with Crippen molar-refractivity contribution in [1.82, 2.24) is 15.1 Å². The summed E-state index contributed by atoms with van der Waals surface area (Å²) in [7, 11) is 0. The van der Waals surface area contributed by atoms with Crippen LogP contribution >= 0.6 is 11.6 Å². The molecule has 1 aromatic carbocycles. The Hall–Kier alpha value is -2.32. The van der Waals surface area contributed by atoms with Gasteiger partial charge in [-0.2, -0.15) is 10.4 Å². The zero-order valence-corrected chi connectivity index (χ0v) is 16.0. The summed E-state index contributed by atoms with van der Waals surface area (Å²) in [5.74, 6) is -0.177. The predicted octanol–water partition coefficient (Wildman–Crippen LogP) is 3.74. The first kappa shape index (κ1) is 19.0. The highest BCUT2D eigenvalue weighted by Crippen LogP contribution is 2.21. The quantitative estimate of drug-likeness (QED) is 0.904. The number of hydrogen-bond acceptors (Lipinski definition) is 3. The maximum atomic E-state index is 12.4. The van der Waals surface area contributed by atoms with E-state index in [9.17, 15) is 10.1 Å². The third-order valence-corrected chi connectivity index (χ3v) is 4.40. The fourth-order valence-corrected chi connectivity index (χ4v) is 2.71. The van der Waals surface area contributed by atoms with Gasteiger partial charge in [-0.25, -0.2) is 4.68 Å². The topological polar surface area (TPSA) is 70.7 Å². The van der Waals surface area contributed by atoms with E-state index >= 15 is 0 Å². The first-order chi connectivity index (χ1) is 11.6. The second kappa shape index (κ2) is 7.28. The van der Waals surface area contributed by atoms with Crippen LogP contribution in [0.1, 0.15) is 37.7 Å². The van der Waals surface area contributed by atoms with E-state index in [1.807, 2.05) is 46.8 Å². The molecule has 2 rings (SSSR count). The molecule has 0 saturated heterocycles. The number of nitriles is 1. The van der Waals surface area contributed by atoms with Crippen molar-refractivity contribution in [3.63, 3.8) is 0 Å². The van der Waals surface area contributed by atoms with Crippen LogP contribution in [-0.2, 0) is 11.2 Å². The van der Waals surface area contributed by atoms with E-state index in [4.69, 9.17) is 11.6 Å². The van der Waals surface area contributed by atoms with Crippen LogP contribution < -0.4 is 5.32 Å². The SMILES string of the molecule is Cc1nn(-c2ccc(Cl)cc2)c(C)c1CC(=O)NC(C#N)C(C)(C)C. The summed E-state index contributed by atoms with van der Waals surface area (Å²) in [4.78, 5) is 12.4. The van der Waals surface area contributed by atoms with Crippen LogP contribution in [0.5, 0.6) is 0 Å². The molecule has 1 aromatic heterocycles. The van der Waals surface area contributed by atoms with Crippen LogP contribution in [0.3, 0.4) is 0 Å². The second-order valence-corrected chi connectivity index (χ2v) is 7.65. The molecule has 0 radical (unpaired) electrons. The summed E-state index contributed by atoms with van der Waals surface area (Å²) in [5, 5.41) is 17.3. The van der Waals surface area contributed by atoms with Crippen molar-refractivity contribution in [3.05, 3.63) is 46.2 Å². The van der Waals surface area contributed by atoms with Gasteiger partial charge in [0.25, 0.3) is 0 Å². The van der Waals surface area contributed by atoms with E-state index in [1.54, 1.807) is 16.8 Å². The molecule has 5 nitrogen and oxygen atoms in total. The normalized spacial score (nSPS) is 12.5. The van der Waals surface area contributed by atoms with Crippen LogP contribution in [0.4, 0.5) is 0 Å². The molecule has 0 aliphatic heterocycles. The third-order valence-electron chi connectivity index (χ3n) is 4.15. The van der Waals surface area contributed by atoms with Gasteiger partial charge in [0.1, 0.15) is 6.04 Å². The Morgan fingerprint density at radius 1 is 1.32 bits per heavy atom. The molecule has 2 aromatic rings. The molecule has 132 valence electrons. The van der Waals surface area contributed by atoms with Gasteiger partial charge in [-0.15, -0.1) is 0 Å². The van der Waals surface area contributed by atoms with Crippen molar-refractivity contribution >= 4 is 17.5 Å². The minimum absolute atomic E-state index is 0.177. The molecule has 0 saturated carbocycles. The number of carbonyl (C=O) groups is 1.